The van der Waals surface area contributed by atoms with Crippen molar-refractivity contribution in [2.24, 2.45) is 0 Å². The highest BCUT2D eigenvalue weighted by atomic mass is 35.5. The maximum absolute atomic E-state index is 14.7. The van der Waals surface area contributed by atoms with Gasteiger partial charge in [0.2, 0.25) is 5.88 Å². The average molecular weight is 407 g/mol. The van der Waals surface area contributed by atoms with E-state index in [-0.39, 0.29) is 22.6 Å². The van der Waals surface area contributed by atoms with Crippen LogP contribution in [0.2, 0.25) is 5.15 Å². The van der Waals surface area contributed by atoms with Gasteiger partial charge in [-0.25, -0.2) is 19.3 Å². The zero-order valence-corrected chi connectivity index (χ0v) is 16.2. The molecule has 0 aliphatic carbocycles. The number of pyridine rings is 2. The Hall–Kier alpha value is -2.39. The fourth-order valence-corrected chi connectivity index (χ4v) is 3.68. The lowest BCUT2D eigenvalue weighted by Gasteiger charge is -2.30. The molecule has 1 aliphatic heterocycles. The van der Waals surface area contributed by atoms with Crippen LogP contribution in [0.5, 0.6) is 5.88 Å². The zero-order chi connectivity index (χ0) is 19.1. The Morgan fingerprint density at radius 2 is 2.19 bits per heavy atom. The van der Waals surface area contributed by atoms with E-state index in [0.717, 1.165) is 5.56 Å². The third kappa shape index (κ3) is 3.00. The van der Waals surface area contributed by atoms with Gasteiger partial charge in [0.1, 0.15) is 29.1 Å². The summed E-state index contributed by atoms with van der Waals surface area (Å²) in [5.74, 6) is 0.517. The van der Waals surface area contributed by atoms with E-state index in [1.54, 1.807) is 6.20 Å². The fourth-order valence-electron chi connectivity index (χ4n) is 3.15. The van der Waals surface area contributed by atoms with Crippen molar-refractivity contribution in [2.75, 3.05) is 30.0 Å². The van der Waals surface area contributed by atoms with E-state index in [1.807, 2.05) is 30.2 Å². The molecule has 0 saturated carbocycles. The Kier molecular flexibility index (Phi) is 4.65. The Morgan fingerprint density at radius 1 is 1.37 bits per heavy atom. The first kappa shape index (κ1) is 18.0. The van der Waals surface area contributed by atoms with Crippen LogP contribution in [0.25, 0.3) is 10.9 Å². The number of rotatable bonds is 3. The molecule has 0 aromatic carbocycles. The second-order valence-electron chi connectivity index (χ2n) is 5.97. The smallest absolute Gasteiger partial charge is 0.228 e. The lowest BCUT2D eigenvalue weighted by Crippen LogP contribution is -2.31. The molecule has 3 aromatic heterocycles. The fraction of sp³-hybridized carbons (Fsp3) is 0.294. The first-order valence-electron chi connectivity index (χ1n) is 8.21. The largest absolute Gasteiger partial charge is 0.475 e. The van der Waals surface area contributed by atoms with Crippen molar-refractivity contribution in [1.29, 1.82) is 0 Å². The van der Waals surface area contributed by atoms with Gasteiger partial charge in [-0.15, -0.1) is 0 Å². The lowest BCUT2D eigenvalue weighted by molar-refractivity contribution is 0.316. The van der Waals surface area contributed by atoms with E-state index in [0.29, 0.717) is 35.3 Å². The van der Waals surface area contributed by atoms with Gasteiger partial charge >= 0.3 is 0 Å². The quantitative estimate of drug-likeness (QED) is 0.401. The van der Waals surface area contributed by atoms with Crippen molar-refractivity contribution in [3.8, 4) is 5.88 Å². The molecule has 140 valence electrons. The van der Waals surface area contributed by atoms with Crippen molar-refractivity contribution in [3.05, 3.63) is 34.9 Å². The van der Waals surface area contributed by atoms with Crippen LogP contribution in [0.15, 0.2) is 23.5 Å². The van der Waals surface area contributed by atoms with Gasteiger partial charge in [-0.05, 0) is 19.2 Å². The van der Waals surface area contributed by atoms with Crippen LogP contribution in [0, 0.1) is 5.82 Å². The molecule has 27 heavy (non-hydrogen) atoms. The summed E-state index contributed by atoms with van der Waals surface area (Å²) < 4.78 is 20.4. The minimum absolute atomic E-state index is 0.0950. The first-order chi connectivity index (χ1) is 13.0. The SMILES string of the molecule is CSc1nc2c3c(nc(Cl)c(F)c3n1)OCCN2[C@H](C)c1cccnc1N. The van der Waals surface area contributed by atoms with E-state index in [4.69, 9.17) is 22.1 Å². The van der Waals surface area contributed by atoms with Crippen molar-refractivity contribution in [3.63, 3.8) is 0 Å². The second kappa shape index (κ2) is 6.97. The van der Waals surface area contributed by atoms with Gasteiger partial charge < -0.3 is 15.4 Å². The Morgan fingerprint density at radius 3 is 2.93 bits per heavy atom. The summed E-state index contributed by atoms with van der Waals surface area (Å²) in [6, 6.07) is 3.57. The summed E-state index contributed by atoms with van der Waals surface area (Å²) in [5, 5.41) is 0.566. The van der Waals surface area contributed by atoms with E-state index in [9.17, 15) is 4.39 Å². The summed E-state index contributed by atoms with van der Waals surface area (Å²) in [6.07, 6.45) is 3.47. The zero-order valence-electron chi connectivity index (χ0n) is 14.6. The van der Waals surface area contributed by atoms with Crippen molar-refractivity contribution in [1.82, 2.24) is 19.9 Å². The number of aromatic nitrogens is 4. The van der Waals surface area contributed by atoms with Gasteiger partial charge in [0.25, 0.3) is 0 Å². The third-order valence-electron chi connectivity index (χ3n) is 4.49. The van der Waals surface area contributed by atoms with E-state index in [1.165, 1.54) is 11.8 Å². The molecular formula is C17H16ClFN6OS. The minimum atomic E-state index is -0.687. The third-order valence-corrected chi connectivity index (χ3v) is 5.28. The summed E-state index contributed by atoms with van der Waals surface area (Å²) >= 11 is 7.26. The van der Waals surface area contributed by atoms with Gasteiger partial charge in [-0.3, -0.25) is 0 Å². The van der Waals surface area contributed by atoms with Gasteiger partial charge in [0.05, 0.1) is 12.6 Å². The summed E-state index contributed by atoms with van der Waals surface area (Å²) in [4.78, 5) is 19.1. The van der Waals surface area contributed by atoms with E-state index in [2.05, 4.69) is 19.9 Å². The van der Waals surface area contributed by atoms with Gasteiger partial charge in [-0.2, -0.15) is 4.98 Å². The average Bonchev–Trinajstić information content (AvgIpc) is 2.85. The van der Waals surface area contributed by atoms with Crippen LogP contribution in [0.1, 0.15) is 18.5 Å². The number of halogens is 2. The molecular weight excluding hydrogens is 391 g/mol. The van der Waals surface area contributed by atoms with Gasteiger partial charge in [-0.1, -0.05) is 29.4 Å². The Labute approximate surface area is 164 Å². The number of thioether (sulfide) groups is 1. The molecule has 0 spiro atoms. The molecule has 10 heteroatoms. The van der Waals surface area contributed by atoms with Gasteiger partial charge in [0, 0.05) is 11.8 Å². The lowest BCUT2D eigenvalue weighted by atomic mass is 10.1. The predicted octanol–water partition coefficient (Wildman–Crippen LogP) is 3.48. The molecule has 0 amide bonds. The first-order valence-corrected chi connectivity index (χ1v) is 9.82. The van der Waals surface area contributed by atoms with Gasteiger partial charge in [0.15, 0.2) is 16.1 Å². The molecule has 2 N–H and O–H groups in total. The van der Waals surface area contributed by atoms with Crippen LogP contribution in [0.3, 0.4) is 0 Å². The van der Waals surface area contributed by atoms with Crippen molar-refractivity contribution >= 4 is 45.9 Å². The molecule has 7 nitrogen and oxygen atoms in total. The number of hydrogen-bond donors (Lipinski definition) is 1. The van der Waals surface area contributed by atoms with Crippen LogP contribution in [0.4, 0.5) is 16.0 Å². The van der Waals surface area contributed by atoms with Crippen LogP contribution >= 0.6 is 23.4 Å². The summed E-state index contributed by atoms with van der Waals surface area (Å²) in [5.41, 5.74) is 7.01. The second-order valence-corrected chi connectivity index (χ2v) is 7.11. The minimum Gasteiger partial charge on any atom is -0.475 e. The predicted molar refractivity (Wildman–Crippen MR) is 104 cm³/mol. The van der Waals surface area contributed by atoms with Crippen molar-refractivity contribution < 1.29 is 9.13 Å². The van der Waals surface area contributed by atoms with Crippen LogP contribution in [-0.2, 0) is 0 Å². The summed E-state index contributed by atoms with van der Waals surface area (Å²) in [6.45, 7) is 2.83. The monoisotopic (exact) mass is 406 g/mol. The maximum atomic E-state index is 14.7. The topological polar surface area (TPSA) is 90.0 Å². The number of ether oxygens (including phenoxy) is 1. The molecule has 1 atom stereocenters. The van der Waals surface area contributed by atoms with E-state index >= 15 is 0 Å². The molecule has 4 rings (SSSR count). The van der Waals surface area contributed by atoms with Crippen molar-refractivity contribution in [2.45, 2.75) is 18.1 Å². The summed E-state index contributed by atoms with van der Waals surface area (Å²) in [7, 11) is 0. The molecule has 0 fully saturated rings. The number of hydrogen-bond acceptors (Lipinski definition) is 8. The molecule has 3 aromatic rings. The highest BCUT2D eigenvalue weighted by molar-refractivity contribution is 7.98. The highest BCUT2D eigenvalue weighted by Crippen LogP contribution is 2.40. The number of nitrogen functional groups attached to an aromatic ring is 1. The Bertz CT molecular complexity index is 1040. The molecule has 0 unspecified atom stereocenters. The van der Waals surface area contributed by atoms with Crippen LogP contribution < -0.4 is 15.4 Å². The maximum Gasteiger partial charge on any atom is 0.228 e. The molecule has 1 aliphatic rings. The van der Waals surface area contributed by atoms with E-state index < -0.39 is 5.82 Å². The van der Waals surface area contributed by atoms with Crippen LogP contribution in [-0.4, -0.2) is 39.3 Å². The molecule has 0 saturated heterocycles. The standard InChI is InChI=1S/C17H16ClFN6OS/c1-8(9-4-3-5-21-14(9)20)25-6-7-26-16-10-12(11(19)13(18)23-16)22-17(27-2)24-15(10)25/h3-5,8H,6-7H2,1-2H3,(H2,20,21)/t8-/m1/s1. The molecule has 4 heterocycles. The Balaban J connectivity index is 1.97. The number of anilines is 2. The highest BCUT2D eigenvalue weighted by Gasteiger charge is 2.29. The molecule has 0 radical (unpaired) electrons. The number of nitrogens with two attached hydrogens (primary N) is 1. The normalized spacial score (nSPS) is 14.7. The molecule has 0 bridgehead atoms. The number of nitrogens with zero attached hydrogens (tertiary/aromatic N) is 5.